The van der Waals surface area contributed by atoms with Gasteiger partial charge in [0.15, 0.2) is 0 Å². The molecule has 0 unspecified atom stereocenters. The Hall–Kier alpha value is -0.0300. The van der Waals surface area contributed by atoms with Crippen LogP contribution in [-0.4, -0.2) is 5.12 Å². The molecule has 11 heavy (non-hydrogen) atoms. The summed E-state index contributed by atoms with van der Waals surface area (Å²) in [7, 11) is 0. The first kappa shape index (κ1) is 9.06. The second-order valence-corrected chi connectivity index (χ2v) is 3.92. The Morgan fingerprint density at radius 2 is 2.18 bits per heavy atom. The molecule has 0 spiro atoms. The fourth-order valence-electron chi connectivity index (χ4n) is 0.867. The third kappa shape index (κ3) is 2.20. The van der Waals surface area contributed by atoms with Gasteiger partial charge in [0, 0.05) is 9.13 Å². The zero-order valence-electron chi connectivity index (χ0n) is 5.97. The van der Waals surface area contributed by atoms with Crippen molar-refractivity contribution in [3.05, 3.63) is 32.9 Å². The van der Waals surface area contributed by atoms with Crippen molar-refractivity contribution in [2.75, 3.05) is 0 Å². The lowest BCUT2D eigenvalue weighted by molar-refractivity contribution is 0.109. The van der Waals surface area contributed by atoms with E-state index in [2.05, 4.69) is 35.2 Å². The summed E-state index contributed by atoms with van der Waals surface area (Å²) in [4.78, 5) is 10.8. The lowest BCUT2D eigenvalue weighted by atomic mass is 10.1. The molecule has 0 aliphatic heterocycles. The number of aryl methyl sites for hydroxylation is 1. The Morgan fingerprint density at radius 1 is 1.55 bits per heavy atom. The molecule has 1 aromatic carbocycles. The van der Waals surface area contributed by atoms with Crippen LogP contribution < -0.4 is 0 Å². The Morgan fingerprint density at radius 3 is 2.64 bits per heavy atom. The minimum Gasteiger partial charge on any atom is -0.282 e. The predicted molar refractivity (Wildman–Crippen MR) is 57.2 cm³/mol. The van der Waals surface area contributed by atoms with Crippen molar-refractivity contribution >= 4 is 40.3 Å². The molecule has 0 saturated heterocycles. The van der Waals surface area contributed by atoms with E-state index in [9.17, 15) is 4.79 Å². The Balaban J connectivity index is 3.20. The number of thiol groups is 1. The monoisotopic (exact) mass is 278 g/mol. The van der Waals surface area contributed by atoms with Gasteiger partial charge in [0.05, 0.1) is 0 Å². The van der Waals surface area contributed by atoms with E-state index in [-0.39, 0.29) is 5.12 Å². The first-order chi connectivity index (χ1) is 5.11. The van der Waals surface area contributed by atoms with E-state index in [4.69, 9.17) is 0 Å². The summed E-state index contributed by atoms with van der Waals surface area (Å²) in [6.07, 6.45) is 0. The van der Waals surface area contributed by atoms with E-state index < -0.39 is 0 Å². The van der Waals surface area contributed by atoms with Crippen LogP contribution in [-0.2, 0) is 0 Å². The van der Waals surface area contributed by atoms with E-state index in [1.54, 1.807) is 6.07 Å². The van der Waals surface area contributed by atoms with Crippen LogP contribution in [0.5, 0.6) is 0 Å². The average molecular weight is 278 g/mol. The van der Waals surface area contributed by atoms with Crippen LogP contribution in [0.4, 0.5) is 0 Å². The third-order valence-corrected chi connectivity index (χ3v) is 2.33. The largest absolute Gasteiger partial charge is 0.282 e. The topological polar surface area (TPSA) is 17.1 Å². The molecule has 1 nitrogen and oxygen atoms in total. The summed E-state index contributed by atoms with van der Waals surface area (Å²) >= 11 is 5.96. The van der Waals surface area contributed by atoms with E-state index in [1.165, 1.54) is 0 Å². The van der Waals surface area contributed by atoms with Crippen LogP contribution in [0, 0.1) is 10.5 Å². The van der Waals surface area contributed by atoms with E-state index in [0.717, 1.165) is 9.13 Å². The highest BCUT2D eigenvalue weighted by Crippen LogP contribution is 2.14. The lowest BCUT2D eigenvalue weighted by Gasteiger charge is -1.99. The fourth-order valence-corrected chi connectivity index (χ4v) is 1.76. The summed E-state index contributed by atoms with van der Waals surface area (Å²) in [5.41, 5.74) is 1.67. The summed E-state index contributed by atoms with van der Waals surface area (Å²) in [5.74, 6) is 0. The van der Waals surface area contributed by atoms with Gasteiger partial charge >= 0.3 is 0 Å². The molecule has 0 radical (unpaired) electrons. The number of halogens is 1. The van der Waals surface area contributed by atoms with Crippen molar-refractivity contribution in [3.63, 3.8) is 0 Å². The number of rotatable bonds is 1. The summed E-state index contributed by atoms with van der Waals surface area (Å²) in [6, 6.07) is 5.66. The number of carbonyl (C=O) groups excluding carboxylic acids is 1. The molecule has 0 aliphatic rings. The quantitative estimate of drug-likeness (QED) is 0.617. The Kier molecular flexibility index (Phi) is 2.95. The van der Waals surface area contributed by atoms with Crippen LogP contribution in [0.2, 0.25) is 0 Å². The highest BCUT2D eigenvalue weighted by molar-refractivity contribution is 14.1. The maximum atomic E-state index is 10.8. The van der Waals surface area contributed by atoms with Crippen LogP contribution >= 0.6 is 35.2 Å². The molecule has 1 aromatic rings. The molecule has 0 bridgehead atoms. The second kappa shape index (κ2) is 3.58. The van der Waals surface area contributed by atoms with Gasteiger partial charge < -0.3 is 0 Å². The van der Waals surface area contributed by atoms with Crippen LogP contribution in [0.25, 0.3) is 0 Å². The van der Waals surface area contributed by atoms with E-state index in [1.807, 2.05) is 19.1 Å². The molecule has 1 rings (SSSR count). The number of hydrogen-bond donors (Lipinski definition) is 1. The first-order valence-corrected chi connectivity index (χ1v) is 4.63. The molecule has 0 saturated carbocycles. The predicted octanol–water partition coefficient (Wildman–Crippen LogP) is 2.67. The maximum absolute atomic E-state index is 10.8. The number of benzene rings is 1. The van der Waals surface area contributed by atoms with Gasteiger partial charge in [-0.05, 0) is 53.3 Å². The molecule has 0 fully saturated rings. The van der Waals surface area contributed by atoms with Crippen molar-refractivity contribution < 1.29 is 4.79 Å². The number of carbonyl (C=O) groups is 1. The molecule has 3 heteroatoms. The minimum atomic E-state index is -0.168. The van der Waals surface area contributed by atoms with Gasteiger partial charge in [0.25, 0.3) is 0 Å². The van der Waals surface area contributed by atoms with Gasteiger partial charge in [0.2, 0.25) is 5.12 Å². The summed E-state index contributed by atoms with van der Waals surface area (Å²) in [6.45, 7) is 1.91. The first-order valence-electron chi connectivity index (χ1n) is 3.10. The highest BCUT2D eigenvalue weighted by Gasteiger charge is 2.03. The van der Waals surface area contributed by atoms with Crippen LogP contribution in [0.15, 0.2) is 18.2 Å². The second-order valence-electron chi connectivity index (χ2n) is 2.26. The smallest absolute Gasteiger partial charge is 0.216 e. The molecule has 0 aliphatic carbocycles. The maximum Gasteiger partial charge on any atom is 0.216 e. The van der Waals surface area contributed by atoms with E-state index in [0.29, 0.717) is 5.56 Å². The standard InChI is InChI=1S/C8H7IOS/c1-5-4-6(9)2-3-7(5)8(10)11/h2-4H,1H3,(H,10,11). The van der Waals surface area contributed by atoms with Crippen LogP contribution in [0.1, 0.15) is 15.9 Å². The molecule has 0 amide bonds. The van der Waals surface area contributed by atoms with E-state index >= 15 is 0 Å². The zero-order valence-corrected chi connectivity index (χ0v) is 9.02. The SMILES string of the molecule is Cc1cc(I)ccc1C(=O)S. The Labute approximate surface area is 84.7 Å². The Bertz CT molecular complexity index is 296. The molecule has 0 N–H and O–H groups in total. The minimum absolute atomic E-state index is 0.168. The van der Waals surface area contributed by atoms with Gasteiger partial charge in [-0.2, -0.15) is 0 Å². The normalized spacial score (nSPS) is 9.73. The molecule has 0 aromatic heterocycles. The van der Waals surface area contributed by atoms with Gasteiger partial charge in [-0.1, -0.05) is 0 Å². The van der Waals surface area contributed by atoms with Crippen molar-refractivity contribution in [1.29, 1.82) is 0 Å². The van der Waals surface area contributed by atoms with Crippen molar-refractivity contribution in [1.82, 2.24) is 0 Å². The summed E-state index contributed by atoms with van der Waals surface area (Å²) < 4.78 is 1.14. The van der Waals surface area contributed by atoms with Crippen molar-refractivity contribution in [2.45, 2.75) is 6.92 Å². The third-order valence-electron chi connectivity index (χ3n) is 1.42. The molecule has 58 valence electrons. The van der Waals surface area contributed by atoms with Crippen molar-refractivity contribution in [3.8, 4) is 0 Å². The van der Waals surface area contributed by atoms with Gasteiger partial charge in [-0.3, -0.25) is 4.79 Å². The molecular formula is C8H7IOS. The van der Waals surface area contributed by atoms with Crippen molar-refractivity contribution in [2.24, 2.45) is 0 Å². The zero-order chi connectivity index (χ0) is 8.43. The summed E-state index contributed by atoms with van der Waals surface area (Å²) in [5, 5.41) is -0.168. The van der Waals surface area contributed by atoms with Gasteiger partial charge in [0.1, 0.15) is 0 Å². The fraction of sp³-hybridized carbons (Fsp3) is 0.125. The van der Waals surface area contributed by atoms with Crippen LogP contribution in [0.3, 0.4) is 0 Å². The molecule has 0 atom stereocenters. The van der Waals surface area contributed by atoms with Gasteiger partial charge in [-0.15, -0.1) is 12.6 Å². The highest BCUT2D eigenvalue weighted by atomic mass is 127. The molecule has 0 heterocycles. The average Bonchev–Trinajstić information content (AvgIpc) is 1.85. The molecular weight excluding hydrogens is 271 g/mol. The van der Waals surface area contributed by atoms with Gasteiger partial charge in [-0.25, -0.2) is 0 Å². The number of hydrogen-bond acceptors (Lipinski definition) is 1. The lowest BCUT2D eigenvalue weighted by Crippen LogP contribution is -1.92.